The molecule has 0 spiro atoms. The lowest BCUT2D eigenvalue weighted by atomic mass is 9.98. The van der Waals surface area contributed by atoms with Crippen LogP contribution in [0.5, 0.6) is 5.75 Å². The Bertz CT molecular complexity index is 657. The molecule has 0 fully saturated rings. The number of halogens is 1. The van der Waals surface area contributed by atoms with Gasteiger partial charge in [-0.05, 0) is 54.8 Å². The third-order valence-electron chi connectivity index (χ3n) is 4.44. The van der Waals surface area contributed by atoms with Crippen LogP contribution in [0.25, 0.3) is 0 Å². The minimum absolute atomic E-state index is 0.283. The fourth-order valence-electron chi connectivity index (χ4n) is 2.83. The molecule has 116 valence electrons. The summed E-state index contributed by atoms with van der Waals surface area (Å²) in [5.74, 6) is 0.770. The Morgan fingerprint density at radius 2 is 1.86 bits per heavy atom. The molecule has 0 saturated carbocycles. The summed E-state index contributed by atoms with van der Waals surface area (Å²) in [6.07, 6.45) is 0. The van der Waals surface area contributed by atoms with Crippen LogP contribution < -0.4 is 10.2 Å². The van der Waals surface area contributed by atoms with E-state index in [1.807, 2.05) is 24.3 Å². The van der Waals surface area contributed by atoms with Crippen molar-refractivity contribution in [1.29, 1.82) is 0 Å². The minimum Gasteiger partial charge on any atom is -0.508 e. The molecule has 0 aromatic heterocycles. The van der Waals surface area contributed by atoms with E-state index in [0.29, 0.717) is 12.0 Å². The van der Waals surface area contributed by atoms with Crippen molar-refractivity contribution in [2.24, 2.45) is 5.92 Å². The molecule has 2 aromatic carbocycles. The molecule has 2 aromatic rings. The molecule has 3 nitrogen and oxygen atoms in total. The Kier molecular flexibility index (Phi) is 4.27. The normalized spacial score (nSPS) is 21.9. The molecule has 4 heteroatoms. The molecule has 0 bridgehead atoms. The van der Waals surface area contributed by atoms with Crippen molar-refractivity contribution in [2.45, 2.75) is 26.4 Å². The molecule has 0 saturated heterocycles. The summed E-state index contributed by atoms with van der Waals surface area (Å²) >= 11 is 6.23. The predicted octanol–water partition coefficient (Wildman–Crippen LogP) is 4.31. The first-order valence-electron chi connectivity index (χ1n) is 7.63. The van der Waals surface area contributed by atoms with Gasteiger partial charge in [-0.25, -0.2) is 0 Å². The maximum atomic E-state index is 9.54. The number of anilines is 2. The standard InChI is InChI=1S/C18H21ClN2O/c1-12-11-21(16-5-7-17(22)8-6-16)18-9-15(19)4-3-14(18)10-20-13(12)2/h3-9,12-13,20,22H,10-11H2,1-2H3. The lowest BCUT2D eigenvalue weighted by Crippen LogP contribution is -2.40. The van der Waals surface area contributed by atoms with E-state index in [9.17, 15) is 5.11 Å². The Morgan fingerprint density at radius 3 is 2.59 bits per heavy atom. The average Bonchev–Trinajstić information content (AvgIpc) is 2.51. The zero-order chi connectivity index (χ0) is 15.7. The van der Waals surface area contributed by atoms with Gasteiger partial charge >= 0.3 is 0 Å². The number of phenolic OH excluding ortho intramolecular Hbond substituents is 1. The quantitative estimate of drug-likeness (QED) is 0.823. The van der Waals surface area contributed by atoms with Gasteiger partial charge in [0, 0.05) is 35.5 Å². The first-order valence-corrected chi connectivity index (χ1v) is 8.01. The molecule has 2 atom stereocenters. The number of aromatic hydroxyl groups is 1. The minimum atomic E-state index is 0.283. The second kappa shape index (κ2) is 6.19. The number of nitrogens with one attached hydrogen (secondary N) is 1. The van der Waals surface area contributed by atoms with Crippen LogP contribution in [0.2, 0.25) is 5.02 Å². The highest BCUT2D eigenvalue weighted by Crippen LogP contribution is 2.34. The molecule has 3 rings (SSSR count). The van der Waals surface area contributed by atoms with Crippen LogP contribution in [0.1, 0.15) is 19.4 Å². The van der Waals surface area contributed by atoms with E-state index < -0.39 is 0 Å². The maximum absolute atomic E-state index is 9.54. The molecule has 2 unspecified atom stereocenters. The van der Waals surface area contributed by atoms with Gasteiger partial charge in [-0.1, -0.05) is 24.6 Å². The summed E-state index contributed by atoms with van der Waals surface area (Å²) in [4.78, 5) is 2.29. The van der Waals surface area contributed by atoms with Gasteiger partial charge in [-0.2, -0.15) is 0 Å². The topological polar surface area (TPSA) is 35.5 Å². The second-order valence-electron chi connectivity index (χ2n) is 6.05. The highest BCUT2D eigenvalue weighted by Gasteiger charge is 2.23. The number of nitrogens with zero attached hydrogens (tertiary/aromatic N) is 1. The summed E-state index contributed by atoms with van der Waals surface area (Å²) in [7, 11) is 0. The average molecular weight is 317 g/mol. The Labute approximate surface area is 136 Å². The van der Waals surface area contributed by atoms with Crippen LogP contribution in [0, 0.1) is 5.92 Å². The van der Waals surface area contributed by atoms with Crippen molar-refractivity contribution in [2.75, 3.05) is 11.4 Å². The van der Waals surface area contributed by atoms with Gasteiger partial charge in [0.05, 0.1) is 0 Å². The predicted molar refractivity (Wildman–Crippen MR) is 92.0 cm³/mol. The van der Waals surface area contributed by atoms with Crippen LogP contribution in [-0.4, -0.2) is 17.7 Å². The first kappa shape index (κ1) is 15.2. The third kappa shape index (κ3) is 3.06. The number of phenols is 1. The van der Waals surface area contributed by atoms with E-state index in [2.05, 4.69) is 30.1 Å². The van der Waals surface area contributed by atoms with E-state index in [1.165, 1.54) is 5.56 Å². The van der Waals surface area contributed by atoms with Gasteiger partial charge in [0.25, 0.3) is 0 Å². The highest BCUT2D eigenvalue weighted by atomic mass is 35.5. The zero-order valence-electron chi connectivity index (χ0n) is 12.9. The first-order chi connectivity index (χ1) is 10.5. The molecule has 2 N–H and O–H groups in total. The largest absolute Gasteiger partial charge is 0.508 e. The van der Waals surface area contributed by atoms with Gasteiger partial charge in [-0.3, -0.25) is 0 Å². The summed E-state index contributed by atoms with van der Waals surface area (Å²) in [6.45, 7) is 6.19. The van der Waals surface area contributed by atoms with Crippen molar-refractivity contribution < 1.29 is 5.11 Å². The van der Waals surface area contributed by atoms with Crippen LogP contribution >= 0.6 is 11.6 Å². The highest BCUT2D eigenvalue weighted by molar-refractivity contribution is 6.30. The SMILES string of the molecule is CC1CN(c2ccc(O)cc2)c2cc(Cl)ccc2CNC1C. The zero-order valence-corrected chi connectivity index (χ0v) is 13.6. The maximum Gasteiger partial charge on any atom is 0.115 e. The summed E-state index contributed by atoms with van der Waals surface area (Å²) in [5, 5.41) is 13.9. The Balaban J connectivity index is 2.08. The molecule has 1 aliphatic heterocycles. The number of benzene rings is 2. The fourth-order valence-corrected chi connectivity index (χ4v) is 3.00. The van der Waals surface area contributed by atoms with Gasteiger partial charge in [0.2, 0.25) is 0 Å². The summed E-state index contributed by atoms with van der Waals surface area (Å²) in [6, 6.07) is 13.8. The Morgan fingerprint density at radius 1 is 1.14 bits per heavy atom. The number of fused-ring (bicyclic) bond motifs is 1. The smallest absolute Gasteiger partial charge is 0.115 e. The molecule has 0 aliphatic carbocycles. The van der Waals surface area contributed by atoms with Gasteiger partial charge in [-0.15, -0.1) is 0 Å². The van der Waals surface area contributed by atoms with E-state index in [0.717, 1.165) is 29.5 Å². The van der Waals surface area contributed by atoms with E-state index in [-0.39, 0.29) is 5.75 Å². The molecule has 1 heterocycles. The molecular weight excluding hydrogens is 296 g/mol. The van der Waals surface area contributed by atoms with E-state index in [4.69, 9.17) is 11.6 Å². The van der Waals surface area contributed by atoms with Gasteiger partial charge < -0.3 is 15.3 Å². The van der Waals surface area contributed by atoms with E-state index in [1.54, 1.807) is 12.1 Å². The van der Waals surface area contributed by atoms with E-state index >= 15 is 0 Å². The third-order valence-corrected chi connectivity index (χ3v) is 4.67. The van der Waals surface area contributed by atoms with Gasteiger partial charge in [0.15, 0.2) is 0 Å². The van der Waals surface area contributed by atoms with Gasteiger partial charge in [0.1, 0.15) is 5.75 Å². The molecule has 22 heavy (non-hydrogen) atoms. The van der Waals surface area contributed by atoms with Crippen molar-refractivity contribution in [3.8, 4) is 5.75 Å². The molecule has 0 amide bonds. The molecular formula is C18H21ClN2O. The lowest BCUT2D eigenvalue weighted by molar-refractivity contribution is 0.397. The van der Waals surface area contributed by atoms with Crippen molar-refractivity contribution in [3.05, 3.63) is 53.1 Å². The number of hydrogen-bond acceptors (Lipinski definition) is 3. The summed E-state index contributed by atoms with van der Waals surface area (Å²) in [5.41, 5.74) is 3.43. The molecule has 1 aliphatic rings. The van der Waals surface area contributed by atoms with Crippen molar-refractivity contribution in [1.82, 2.24) is 5.32 Å². The monoisotopic (exact) mass is 316 g/mol. The molecule has 0 radical (unpaired) electrons. The fraction of sp³-hybridized carbons (Fsp3) is 0.333. The lowest BCUT2D eigenvalue weighted by Gasteiger charge is -2.35. The number of hydrogen-bond donors (Lipinski definition) is 2. The van der Waals surface area contributed by atoms with Crippen LogP contribution in [-0.2, 0) is 6.54 Å². The van der Waals surface area contributed by atoms with Crippen LogP contribution in [0.3, 0.4) is 0 Å². The second-order valence-corrected chi connectivity index (χ2v) is 6.48. The number of rotatable bonds is 1. The van der Waals surface area contributed by atoms with Crippen LogP contribution in [0.4, 0.5) is 11.4 Å². The van der Waals surface area contributed by atoms with Crippen molar-refractivity contribution >= 4 is 23.0 Å². The summed E-state index contributed by atoms with van der Waals surface area (Å²) < 4.78 is 0. The van der Waals surface area contributed by atoms with Crippen molar-refractivity contribution in [3.63, 3.8) is 0 Å². The van der Waals surface area contributed by atoms with Crippen LogP contribution in [0.15, 0.2) is 42.5 Å². The Hall–Kier alpha value is -1.71.